The number of hydrogen-bond donors (Lipinski definition) is 0. The maximum Gasteiger partial charge on any atom is 0.129 e. The van der Waals surface area contributed by atoms with E-state index in [0.29, 0.717) is 5.75 Å². The van der Waals surface area contributed by atoms with E-state index in [1.54, 1.807) is 0 Å². The summed E-state index contributed by atoms with van der Waals surface area (Å²) in [4.78, 5) is 0. The van der Waals surface area contributed by atoms with Crippen molar-refractivity contribution in [2.45, 2.75) is 77.3 Å². The molecular formula is C21H34OSSi. The maximum atomic E-state index is 12.2. The van der Waals surface area contributed by atoms with Crippen molar-refractivity contribution in [1.29, 1.82) is 0 Å². The minimum atomic E-state index is -1.27. The van der Waals surface area contributed by atoms with Crippen LogP contribution in [0.1, 0.15) is 56.6 Å². The van der Waals surface area contributed by atoms with Crippen molar-refractivity contribution in [1.82, 2.24) is 0 Å². The molecule has 24 heavy (non-hydrogen) atoms. The predicted octanol–water partition coefficient (Wildman–Crippen LogP) is 5.72. The van der Waals surface area contributed by atoms with Gasteiger partial charge >= 0.3 is 0 Å². The molecule has 1 unspecified atom stereocenters. The van der Waals surface area contributed by atoms with Gasteiger partial charge in [0.2, 0.25) is 0 Å². The largest absolute Gasteiger partial charge is 0.259 e. The van der Waals surface area contributed by atoms with Crippen LogP contribution in [0.4, 0.5) is 0 Å². The van der Waals surface area contributed by atoms with Crippen LogP contribution in [0.2, 0.25) is 19.6 Å². The van der Waals surface area contributed by atoms with Gasteiger partial charge in [0, 0.05) is 28.7 Å². The van der Waals surface area contributed by atoms with Crippen LogP contribution in [-0.4, -0.2) is 18.0 Å². The predicted molar refractivity (Wildman–Crippen MR) is 111 cm³/mol. The molecule has 3 heteroatoms. The Hall–Kier alpha value is -0.853. The minimum absolute atomic E-state index is 0.690. The third-order valence-electron chi connectivity index (χ3n) is 3.83. The van der Waals surface area contributed by atoms with Gasteiger partial charge in [-0.1, -0.05) is 82.9 Å². The third kappa shape index (κ3) is 10.8. The Morgan fingerprint density at radius 2 is 1.50 bits per heavy atom. The fraction of sp³-hybridized carbons (Fsp3) is 0.619. The Kier molecular flexibility index (Phi) is 10.3. The van der Waals surface area contributed by atoms with Crippen molar-refractivity contribution in [2.24, 2.45) is 0 Å². The van der Waals surface area contributed by atoms with Crippen molar-refractivity contribution >= 4 is 18.9 Å². The molecule has 1 aromatic carbocycles. The molecule has 1 aromatic rings. The minimum Gasteiger partial charge on any atom is -0.259 e. The molecule has 1 atom stereocenters. The number of rotatable bonds is 10. The summed E-state index contributed by atoms with van der Waals surface area (Å²) < 4.78 is 12.2. The van der Waals surface area contributed by atoms with Gasteiger partial charge in [-0.15, -0.1) is 11.5 Å². The summed E-state index contributed by atoms with van der Waals surface area (Å²) >= 11 is 0. The molecule has 0 aliphatic heterocycles. The molecular weight excluding hydrogens is 328 g/mol. The van der Waals surface area contributed by atoms with Gasteiger partial charge in [-0.3, -0.25) is 4.21 Å². The molecule has 0 amide bonds. The van der Waals surface area contributed by atoms with Crippen LogP contribution in [0, 0.1) is 11.5 Å². The monoisotopic (exact) mass is 362 g/mol. The Balaban J connectivity index is 2.30. The molecule has 134 valence electrons. The van der Waals surface area contributed by atoms with E-state index in [1.165, 1.54) is 43.2 Å². The van der Waals surface area contributed by atoms with Crippen molar-refractivity contribution < 1.29 is 4.21 Å². The highest BCUT2D eigenvalue weighted by Crippen LogP contribution is 2.10. The lowest BCUT2D eigenvalue weighted by atomic mass is 10.1. The van der Waals surface area contributed by atoms with Crippen LogP contribution in [0.15, 0.2) is 24.3 Å². The van der Waals surface area contributed by atoms with E-state index in [1.807, 2.05) is 0 Å². The van der Waals surface area contributed by atoms with E-state index in [4.69, 9.17) is 0 Å². The van der Waals surface area contributed by atoms with Crippen LogP contribution in [0.3, 0.4) is 0 Å². The zero-order valence-corrected chi connectivity index (χ0v) is 17.8. The van der Waals surface area contributed by atoms with E-state index in [2.05, 4.69) is 62.3 Å². The van der Waals surface area contributed by atoms with Crippen molar-refractivity contribution in [2.75, 3.05) is 5.75 Å². The fourth-order valence-corrected chi connectivity index (χ4v) is 4.32. The van der Waals surface area contributed by atoms with Gasteiger partial charge < -0.3 is 0 Å². The average molecular weight is 363 g/mol. The van der Waals surface area contributed by atoms with Gasteiger partial charge in [-0.05, 0) is 17.5 Å². The highest BCUT2D eigenvalue weighted by Gasteiger charge is 2.07. The van der Waals surface area contributed by atoms with Crippen molar-refractivity contribution in [3.05, 3.63) is 35.4 Å². The van der Waals surface area contributed by atoms with Crippen LogP contribution in [0.5, 0.6) is 0 Å². The lowest BCUT2D eigenvalue weighted by molar-refractivity contribution is 0.622. The quantitative estimate of drug-likeness (QED) is 0.295. The molecule has 1 nitrogen and oxygen atoms in total. The van der Waals surface area contributed by atoms with Gasteiger partial charge in [0.15, 0.2) is 0 Å². The summed E-state index contributed by atoms with van der Waals surface area (Å²) in [6.07, 6.45) is 8.37. The molecule has 0 fully saturated rings. The molecule has 0 heterocycles. The summed E-state index contributed by atoms with van der Waals surface area (Å²) in [5, 5.41) is 0. The summed E-state index contributed by atoms with van der Waals surface area (Å²) in [5.74, 6) is 4.84. The van der Waals surface area contributed by atoms with E-state index in [-0.39, 0.29) is 0 Å². The number of benzene rings is 1. The summed E-state index contributed by atoms with van der Waals surface area (Å²) in [6.45, 7) is 9.03. The van der Waals surface area contributed by atoms with Crippen LogP contribution in [-0.2, 0) is 23.0 Å². The Labute approximate surface area is 153 Å². The zero-order valence-electron chi connectivity index (χ0n) is 16.0. The van der Waals surface area contributed by atoms with Gasteiger partial charge in [0.05, 0.1) is 0 Å². The second-order valence-electron chi connectivity index (χ2n) is 7.60. The Morgan fingerprint density at radius 3 is 2.12 bits per heavy atom. The van der Waals surface area contributed by atoms with E-state index < -0.39 is 18.9 Å². The molecule has 0 spiro atoms. The molecule has 0 saturated heterocycles. The highest BCUT2D eigenvalue weighted by atomic mass is 32.2. The molecule has 0 saturated carbocycles. The SMILES string of the molecule is CCCCCCCCS(=O)Cc1ccc(CC#C[Si](C)(C)C)cc1. The Morgan fingerprint density at radius 1 is 0.917 bits per heavy atom. The molecule has 0 radical (unpaired) electrons. The zero-order chi connectivity index (χ0) is 17.8. The number of unbranched alkanes of at least 4 members (excludes halogenated alkanes) is 5. The van der Waals surface area contributed by atoms with E-state index in [9.17, 15) is 4.21 Å². The molecule has 0 N–H and O–H groups in total. The van der Waals surface area contributed by atoms with Gasteiger partial charge in [-0.25, -0.2) is 0 Å². The Bertz CT molecular complexity index is 546. The lowest BCUT2D eigenvalue weighted by Crippen LogP contribution is -2.16. The van der Waals surface area contributed by atoms with E-state index in [0.717, 1.165) is 18.6 Å². The second kappa shape index (κ2) is 11.7. The highest BCUT2D eigenvalue weighted by molar-refractivity contribution is 7.84. The third-order valence-corrected chi connectivity index (χ3v) is 6.16. The maximum absolute atomic E-state index is 12.2. The van der Waals surface area contributed by atoms with E-state index >= 15 is 0 Å². The summed E-state index contributed by atoms with van der Waals surface area (Å²) in [5.41, 5.74) is 5.84. The topological polar surface area (TPSA) is 17.1 Å². The molecule has 1 rings (SSSR count). The summed E-state index contributed by atoms with van der Waals surface area (Å²) in [6, 6.07) is 8.50. The van der Waals surface area contributed by atoms with Crippen molar-refractivity contribution in [3.63, 3.8) is 0 Å². The lowest BCUT2D eigenvalue weighted by Gasteiger charge is -2.05. The van der Waals surface area contributed by atoms with Crippen LogP contribution >= 0.6 is 0 Å². The second-order valence-corrected chi connectivity index (χ2v) is 13.9. The first-order chi connectivity index (χ1) is 11.4. The van der Waals surface area contributed by atoms with Crippen molar-refractivity contribution in [3.8, 4) is 11.5 Å². The molecule has 0 aliphatic rings. The molecule has 0 aromatic heterocycles. The number of hydrogen-bond acceptors (Lipinski definition) is 1. The first-order valence-electron chi connectivity index (χ1n) is 9.33. The normalized spacial score (nSPS) is 12.5. The smallest absolute Gasteiger partial charge is 0.129 e. The van der Waals surface area contributed by atoms with Crippen LogP contribution < -0.4 is 0 Å². The van der Waals surface area contributed by atoms with Crippen LogP contribution in [0.25, 0.3) is 0 Å². The van der Waals surface area contributed by atoms with Gasteiger partial charge in [-0.2, -0.15) is 0 Å². The first kappa shape index (κ1) is 21.2. The van der Waals surface area contributed by atoms with Gasteiger partial charge in [0.25, 0.3) is 0 Å². The average Bonchev–Trinajstić information content (AvgIpc) is 2.51. The first-order valence-corrected chi connectivity index (χ1v) is 14.3. The summed E-state index contributed by atoms with van der Waals surface area (Å²) in [7, 11) is -1.99. The molecule has 0 bridgehead atoms. The standard InChI is InChI=1S/C21H34OSSi/c1-5-6-7-8-9-10-17-23(22)19-21-15-13-20(14-16-21)12-11-18-24(2,3)4/h13-16H,5-10,12,17,19H2,1-4H3. The molecule has 0 aliphatic carbocycles. The fourth-order valence-electron chi connectivity index (χ4n) is 2.47. The van der Waals surface area contributed by atoms with Gasteiger partial charge in [0.1, 0.15) is 8.07 Å².